The molecule has 1 unspecified atom stereocenters. The van der Waals surface area contributed by atoms with Crippen molar-refractivity contribution >= 4 is 27.3 Å². The summed E-state index contributed by atoms with van der Waals surface area (Å²) in [5.41, 5.74) is 1.27. The molecule has 0 aliphatic carbocycles. The zero-order chi connectivity index (χ0) is 21.6. The minimum Gasteiger partial charge on any atom is -0.391 e. The van der Waals surface area contributed by atoms with Gasteiger partial charge < -0.3 is 15.3 Å². The molecule has 3 rings (SSSR count). The minimum atomic E-state index is -3.54. The van der Waals surface area contributed by atoms with Crippen molar-refractivity contribution < 1.29 is 18.3 Å². The van der Waals surface area contributed by atoms with Gasteiger partial charge in [0.1, 0.15) is 0 Å². The fourth-order valence-electron chi connectivity index (χ4n) is 3.47. The van der Waals surface area contributed by atoms with Crippen molar-refractivity contribution in [2.75, 3.05) is 36.4 Å². The summed E-state index contributed by atoms with van der Waals surface area (Å²) in [6.45, 7) is 3.33. The van der Waals surface area contributed by atoms with E-state index in [1.54, 1.807) is 18.2 Å². The number of hydrogen-bond acceptors (Lipinski definition) is 5. The van der Waals surface area contributed by atoms with E-state index in [9.17, 15) is 18.3 Å². The Kier molecular flexibility index (Phi) is 7.47. The molecule has 1 heterocycles. The number of aliphatic hydroxyl groups excluding tert-OH is 1. The first kappa shape index (κ1) is 22.3. The molecule has 2 N–H and O–H groups in total. The van der Waals surface area contributed by atoms with Gasteiger partial charge >= 0.3 is 0 Å². The van der Waals surface area contributed by atoms with Gasteiger partial charge in [0.2, 0.25) is 15.9 Å². The molecule has 1 amide bonds. The fraction of sp³-hybridized carbons (Fsp3) is 0.409. The van der Waals surface area contributed by atoms with Gasteiger partial charge in [0, 0.05) is 31.0 Å². The standard InChI is InChI=1S/C22H29N3O4S/c1-2-20(26)16-24(19-10-4-3-5-11-19)17-22(27)23-18-9-8-12-21(15-18)30(28,29)25-13-6-7-14-25/h3-5,8-12,15,20,26H,2,6-7,13-14,16-17H2,1H3,(H,23,27). The first-order valence-electron chi connectivity index (χ1n) is 10.3. The van der Waals surface area contributed by atoms with Crippen LogP contribution in [0.5, 0.6) is 0 Å². The summed E-state index contributed by atoms with van der Waals surface area (Å²) in [5, 5.41) is 12.9. The second-order valence-corrected chi connectivity index (χ2v) is 9.40. The monoisotopic (exact) mass is 431 g/mol. The highest BCUT2D eigenvalue weighted by Crippen LogP contribution is 2.23. The minimum absolute atomic E-state index is 0.0458. The van der Waals surface area contributed by atoms with Crippen LogP contribution in [0, 0.1) is 0 Å². The molecule has 1 aliphatic rings. The number of nitrogens with zero attached hydrogens (tertiary/aromatic N) is 2. The van der Waals surface area contributed by atoms with E-state index in [0.717, 1.165) is 18.5 Å². The zero-order valence-corrected chi connectivity index (χ0v) is 18.0. The van der Waals surface area contributed by atoms with E-state index in [2.05, 4.69) is 5.32 Å². The third-order valence-corrected chi connectivity index (χ3v) is 7.07. The van der Waals surface area contributed by atoms with E-state index in [1.165, 1.54) is 10.4 Å². The average molecular weight is 432 g/mol. The molecule has 0 spiro atoms. The average Bonchev–Trinajstić information content (AvgIpc) is 3.30. The molecule has 0 aromatic heterocycles. The number of hydrogen-bond donors (Lipinski definition) is 2. The highest BCUT2D eigenvalue weighted by molar-refractivity contribution is 7.89. The third-order valence-electron chi connectivity index (χ3n) is 5.18. The number of nitrogens with one attached hydrogen (secondary N) is 1. The van der Waals surface area contributed by atoms with E-state index >= 15 is 0 Å². The molecular weight excluding hydrogens is 402 g/mol. The third kappa shape index (κ3) is 5.59. The molecule has 0 saturated carbocycles. The molecule has 162 valence electrons. The van der Waals surface area contributed by atoms with Crippen LogP contribution in [0.3, 0.4) is 0 Å². The maximum atomic E-state index is 12.8. The Morgan fingerprint density at radius 2 is 1.83 bits per heavy atom. The number of amides is 1. The molecule has 8 heteroatoms. The van der Waals surface area contributed by atoms with Crippen LogP contribution >= 0.6 is 0 Å². The van der Waals surface area contributed by atoms with Crippen LogP contribution in [-0.4, -0.2) is 56.0 Å². The Bertz CT molecular complexity index is 944. The van der Waals surface area contributed by atoms with Crippen LogP contribution in [0.4, 0.5) is 11.4 Å². The van der Waals surface area contributed by atoms with Gasteiger partial charge in [-0.2, -0.15) is 4.31 Å². The molecular formula is C22H29N3O4S. The SMILES string of the molecule is CCC(O)CN(CC(=O)Nc1cccc(S(=O)(=O)N2CCCC2)c1)c1ccccc1. The maximum Gasteiger partial charge on any atom is 0.243 e. The number of sulfonamides is 1. The van der Waals surface area contributed by atoms with Gasteiger partial charge in [-0.05, 0) is 49.6 Å². The normalized spacial score (nSPS) is 15.7. The Labute approximate surface area is 178 Å². The zero-order valence-electron chi connectivity index (χ0n) is 17.2. The number of benzene rings is 2. The largest absolute Gasteiger partial charge is 0.391 e. The second-order valence-electron chi connectivity index (χ2n) is 7.47. The molecule has 1 saturated heterocycles. The van der Waals surface area contributed by atoms with Crippen LogP contribution in [0.2, 0.25) is 0 Å². The van der Waals surface area contributed by atoms with Gasteiger partial charge in [0.25, 0.3) is 0 Å². The predicted molar refractivity (Wildman–Crippen MR) is 118 cm³/mol. The van der Waals surface area contributed by atoms with Gasteiger partial charge in [0.05, 0.1) is 17.5 Å². The quantitative estimate of drug-likeness (QED) is 0.637. The van der Waals surface area contributed by atoms with Crippen molar-refractivity contribution in [1.82, 2.24) is 4.31 Å². The van der Waals surface area contributed by atoms with Crippen LogP contribution in [-0.2, 0) is 14.8 Å². The maximum absolute atomic E-state index is 12.8. The molecule has 2 aromatic carbocycles. The van der Waals surface area contributed by atoms with Crippen molar-refractivity contribution in [2.45, 2.75) is 37.2 Å². The van der Waals surface area contributed by atoms with Crippen molar-refractivity contribution in [3.63, 3.8) is 0 Å². The number of para-hydroxylation sites is 1. The van der Waals surface area contributed by atoms with E-state index in [0.29, 0.717) is 31.7 Å². The number of carbonyl (C=O) groups is 1. The first-order chi connectivity index (χ1) is 14.4. The lowest BCUT2D eigenvalue weighted by atomic mass is 10.2. The molecule has 2 aromatic rings. The van der Waals surface area contributed by atoms with Crippen molar-refractivity contribution in [3.05, 3.63) is 54.6 Å². The topological polar surface area (TPSA) is 90.0 Å². The van der Waals surface area contributed by atoms with Gasteiger partial charge in [-0.25, -0.2) is 8.42 Å². The summed E-state index contributed by atoms with van der Waals surface area (Å²) in [6.07, 6.45) is 1.77. The van der Waals surface area contributed by atoms with Gasteiger partial charge in [-0.3, -0.25) is 4.79 Å². The molecule has 1 atom stereocenters. The summed E-state index contributed by atoms with van der Waals surface area (Å²) in [6, 6.07) is 15.8. The number of anilines is 2. The van der Waals surface area contributed by atoms with E-state index in [-0.39, 0.29) is 17.3 Å². The Morgan fingerprint density at radius 1 is 1.13 bits per heavy atom. The Hall–Kier alpha value is -2.42. The van der Waals surface area contributed by atoms with Gasteiger partial charge in [-0.15, -0.1) is 0 Å². The predicted octanol–water partition coefficient (Wildman–Crippen LogP) is 2.69. The Balaban J connectivity index is 1.71. The van der Waals surface area contributed by atoms with Crippen molar-refractivity contribution in [2.24, 2.45) is 0 Å². The highest BCUT2D eigenvalue weighted by atomic mass is 32.2. The van der Waals surface area contributed by atoms with Crippen LogP contribution in [0.1, 0.15) is 26.2 Å². The van der Waals surface area contributed by atoms with Gasteiger partial charge in [0.15, 0.2) is 0 Å². The summed E-state index contributed by atoms with van der Waals surface area (Å²) in [4.78, 5) is 14.7. The van der Waals surface area contributed by atoms with Crippen molar-refractivity contribution in [3.8, 4) is 0 Å². The summed E-state index contributed by atoms with van der Waals surface area (Å²) < 4.78 is 27.0. The van der Waals surface area contributed by atoms with Crippen LogP contribution < -0.4 is 10.2 Å². The van der Waals surface area contributed by atoms with Crippen LogP contribution in [0.15, 0.2) is 59.5 Å². The molecule has 7 nitrogen and oxygen atoms in total. The van der Waals surface area contributed by atoms with E-state index in [4.69, 9.17) is 0 Å². The second kappa shape index (κ2) is 10.1. The molecule has 1 fully saturated rings. The van der Waals surface area contributed by atoms with Crippen LogP contribution in [0.25, 0.3) is 0 Å². The molecule has 1 aliphatic heterocycles. The van der Waals surface area contributed by atoms with E-state index in [1.807, 2.05) is 42.2 Å². The molecule has 0 bridgehead atoms. The van der Waals surface area contributed by atoms with Gasteiger partial charge in [-0.1, -0.05) is 31.2 Å². The smallest absolute Gasteiger partial charge is 0.243 e. The molecule has 30 heavy (non-hydrogen) atoms. The first-order valence-corrected chi connectivity index (χ1v) is 11.7. The lowest BCUT2D eigenvalue weighted by molar-refractivity contribution is -0.115. The Morgan fingerprint density at radius 3 is 2.50 bits per heavy atom. The lowest BCUT2D eigenvalue weighted by Gasteiger charge is -2.26. The highest BCUT2D eigenvalue weighted by Gasteiger charge is 2.27. The number of carbonyl (C=O) groups excluding carboxylic acids is 1. The number of aliphatic hydroxyl groups is 1. The molecule has 0 radical (unpaired) electrons. The fourth-order valence-corrected chi connectivity index (χ4v) is 5.03. The summed E-state index contributed by atoms with van der Waals surface area (Å²) in [5.74, 6) is -0.280. The summed E-state index contributed by atoms with van der Waals surface area (Å²) in [7, 11) is -3.54. The van der Waals surface area contributed by atoms with Crippen molar-refractivity contribution in [1.29, 1.82) is 0 Å². The van der Waals surface area contributed by atoms with E-state index < -0.39 is 16.1 Å². The summed E-state index contributed by atoms with van der Waals surface area (Å²) >= 11 is 0. The number of rotatable bonds is 9. The lowest BCUT2D eigenvalue weighted by Crippen LogP contribution is -2.38.